The molecular weight excluding hydrogens is 336 g/mol. The second kappa shape index (κ2) is 7.27. The van der Waals surface area contributed by atoms with Crippen LogP contribution in [0.4, 0.5) is 5.00 Å². The van der Waals surface area contributed by atoms with Gasteiger partial charge >= 0.3 is 0 Å². The van der Waals surface area contributed by atoms with Gasteiger partial charge in [0.2, 0.25) is 5.91 Å². The minimum Gasteiger partial charge on any atom is -0.496 e. The van der Waals surface area contributed by atoms with Crippen LogP contribution in [-0.2, 0) is 24.1 Å². The largest absolute Gasteiger partial charge is 0.496 e. The highest BCUT2D eigenvalue weighted by Gasteiger charge is 2.24. The second-order valence-electron chi connectivity index (χ2n) is 6.31. The number of benzene rings is 1. The molecule has 0 saturated heterocycles. The van der Waals surface area contributed by atoms with Crippen molar-refractivity contribution in [3.63, 3.8) is 0 Å². The summed E-state index contributed by atoms with van der Waals surface area (Å²) >= 11 is 1.49. The minimum atomic E-state index is -0.463. The molecule has 1 aliphatic rings. The third-order valence-corrected chi connectivity index (χ3v) is 5.70. The van der Waals surface area contributed by atoms with Gasteiger partial charge in [0, 0.05) is 4.88 Å². The van der Waals surface area contributed by atoms with E-state index in [0.29, 0.717) is 10.6 Å². The number of amides is 2. The first kappa shape index (κ1) is 17.5. The van der Waals surface area contributed by atoms with Crippen LogP contribution in [0.25, 0.3) is 0 Å². The number of thiophene rings is 1. The lowest BCUT2D eigenvalue weighted by molar-refractivity contribution is -0.115. The van der Waals surface area contributed by atoms with Crippen molar-refractivity contribution >= 4 is 28.2 Å². The Balaban J connectivity index is 1.78. The van der Waals surface area contributed by atoms with E-state index in [1.807, 2.05) is 25.1 Å². The first-order chi connectivity index (χ1) is 12.0. The Hall–Kier alpha value is -2.34. The quantitative estimate of drug-likeness (QED) is 0.861. The SMILES string of the molecule is COc1ccc(CC(=O)Nc2sc3c(c2C(N)=O)CCCC3)cc1C. The summed E-state index contributed by atoms with van der Waals surface area (Å²) in [4.78, 5) is 25.5. The van der Waals surface area contributed by atoms with Crippen LogP contribution in [0.15, 0.2) is 18.2 Å². The molecule has 1 aromatic heterocycles. The Morgan fingerprint density at radius 2 is 2.04 bits per heavy atom. The Bertz CT molecular complexity index is 826. The lowest BCUT2D eigenvalue weighted by atomic mass is 9.95. The Kier molecular flexibility index (Phi) is 5.08. The molecule has 0 bridgehead atoms. The van der Waals surface area contributed by atoms with E-state index in [-0.39, 0.29) is 12.3 Å². The molecule has 0 saturated carbocycles. The van der Waals surface area contributed by atoms with E-state index < -0.39 is 5.91 Å². The maximum Gasteiger partial charge on any atom is 0.251 e. The van der Waals surface area contributed by atoms with Gasteiger partial charge in [-0.1, -0.05) is 12.1 Å². The standard InChI is InChI=1S/C19H22N2O3S/c1-11-9-12(7-8-14(11)24-2)10-16(22)21-19-17(18(20)23)13-5-3-4-6-15(13)25-19/h7-9H,3-6,10H2,1-2H3,(H2,20,23)(H,21,22). The smallest absolute Gasteiger partial charge is 0.251 e. The summed E-state index contributed by atoms with van der Waals surface area (Å²) in [5.41, 5.74) is 8.98. The van der Waals surface area contributed by atoms with Crippen molar-refractivity contribution in [2.45, 2.75) is 39.0 Å². The number of aryl methyl sites for hydroxylation is 2. The number of methoxy groups -OCH3 is 1. The summed E-state index contributed by atoms with van der Waals surface area (Å²) in [6.07, 6.45) is 4.23. The predicted molar refractivity (Wildman–Crippen MR) is 99.5 cm³/mol. The first-order valence-corrected chi connectivity index (χ1v) is 9.19. The molecule has 5 nitrogen and oxygen atoms in total. The second-order valence-corrected chi connectivity index (χ2v) is 7.41. The van der Waals surface area contributed by atoms with Gasteiger partial charge in [0.15, 0.2) is 0 Å². The van der Waals surface area contributed by atoms with Crippen molar-refractivity contribution in [2.75, 3.05) is 12.4 Å². The van der Waals surface area contributed by atoms with Crippen molar-refractivity contribution in [1.82, 2.24) is 0 Å². The van der Waals surface area contributed by atoms with Gasteiger partial charge in [-0.15, -0.1) is 11.3 Å². The van der Waals surface area contributed by atoms with E-state index in [1.54, 1.807) is 7.11 Å². The monoisotopic (exact) mass is 358 g/mol. The third-order valence-electron chi connectivity index (χ3n) is 4.49. The number of carbonyl (C=O) groups excluding carboxylic acids is 2. The lowest BCUT2D eigenvalue weighted by Gasteiger charge is -2.11. The fraction of sp³-hybridized carbons (Fsp3) is 0.368. The third kappa shape index (κ3) is 3.69. The highest BCUT2D eigenvalue weighted by atomic mass is 32.1. The number of ether oxygens (including phenoxy) is 1. The molecule has 3 N–H and O–H groups in total. The number of nitrogens with one attached hydrogen (secondary N) is 1. The van der Waals surface area contributed by atoms with Crippen molar-refractivity contribution in [1.29, 1.82) is 0 Å². The molecule has 3 rings (SSSR count). The molecule has 6 heteroatoms. The van der Waals surface area contributed by atoms with E-state index in [9.17, 15) is 9.59 Å². The average Bonchev–Trinajstić information content (AvgIpc) is 2.92. The van der Waals surface area contributed by atoms with Gasteiger partial charge in [0.05, 0.1) is 19.1 Å². The van der Waals surface area contributed by atoms with E-state index in [0.717, 1.165) is 48.1 Å². The van der Waals surface area contributed by atoms with Crippen LogP contribution in [0.5, 0.6) is 5.75 Å². The number of fused-ring (bicyclic) bond motifs is 1. The number of hydrogen-bond acceptors (Lipinski definition) is 4. The minimum absolute atomic E-state index is 0.148. The number of rotatable bonds is 5. The van der Waals surface area contributed by atoms with Crippen molar-refractivity contribution in [3.05, 3.63) is 45.3 Å². The fourth-order valence-electron chi connectivity index (χ4n) is 3.32. The van der Waals surface area contributed by atoms with Gasteiger partial charge < -0.3 is 15.8 Å². The van der Waals surface area contributed by atoms with Gasteiger partial charge in [0.25, 0.3) is 5.91 Å². The Morgan fingerprint density at radius 3 is 2.72 bits per heavy atom. The molecule has 1 aromatic carbocycles. The van der Waals surface area contributed by atoms with Crippen LogP contribution >= 0.6 is 11.3 Å². The van der Waals surface area contributed by atoms with Gasteiger partial charge in [-0.25, -0.2) is 0 Å². The summed E-state index contributed by atoms with van der Waals surface area (Å²) in [5, 5.41) is 3.49. The molecule has 2 amide bonds. The molecule has 0 spiro atoms. The Morgan fingerprint density at radius 1 is 1.28 bits per heavy atom. The molecule has 0 radical (unpaired) electrons. The predicted octanol–water partition coefficient (Wildman–Crippen LogP) is 3.22. The van der Waals surface area contributed by atoms with Crippen LogP contribution in [-0.4, -0.2) is 18.9 Å². The zero-order valence-electron chi connectivity index (χ0n) is 14.5. The molecule has 132 valence electrons. The van der Waals surface area contributed by atoms with Crippen molar-refractivity contribution in [2.24, 2.45) is 5.73 Å². The molecule has 1 aliphatic carbocycles. The van der Waals surface area contributed by atoms with E-state index >= 15 is 0 Å². The molecule has 0 fully saturated rings. The van der Waals surface area contributed by atoms with Crippen LogP contribution in [0, 0.1) is 6.92 Å². The molecule has 0 unspecified atom stereocenters. The molecule has 0 atom stereocenters. The number of carbonyl (C=O) groups is 2. The summed E-state index contributed by atoms with van der Waals surface area (Å²) in [6.45, 7) is 1.94. The highest BCUT2D eigenvalue weighted by Crippen LogP contribution is 2.37. The maximum absolute atomic E-state index is 12.4. The summed E-state index contributed by atoms with van der Waals surface area (Å²) in [7, 11) is 1.62. The maximum atomic E-state index is 12.4. The van der Waals surface area contributed by atoms with E-state index in [2.05, 4.69) is 5.32 Å². The van der Waals surface area contributed by atoms with E-state index in [4.69, 9.17) is 10.5 Å². The van der Waals surface area contributed by atoms with Crippen LogP contribution in [0.3, 0.4) is 0 Å². The van der Waals surface area contributed by atoms with Gasteiger partial charge in [0.1, 0.15) is 10.8 Å². The summed E-state index contributed by atoms with van der Waals surface area (Å²) in [6, 6.07) is 5.67. The summed E-state index contributed by atoms with van der Waals surface area (Å²) < 4.78 is 5.24. The molecule has 0 aliphatic heterocycles. The van der Waals surface area contributed by atoms with Gasteiger partial charge in [-0.2, -0.15) is 0 Å². The van der Waals surface area contributed by atoms with Gasteiger partial charge in [-0.05, 0) is 55.4 Å². The van der Waals surface area contributed by atoms with Crippen LogP contribution < -0.4 is 15.8 Å². The average molecular weight is 358 g/mol. The lowest BCUT2D eigenvalue weighted by Crippen LogP contribution is -2.19. The zero-order valence-corrected chi connectivity index (χ0v) is 15.3. The number of hydrogen-bond donors (Lipinski definition) is 2. The van der Waals surface area contributed by atoms with E-state index in [1.165, 1.54) is 16.2 Å². The highest BCUT2D eigenvalue weighted by molar-refractivity contribution is 7.17. The number of anilines is 1. The topological polar surface area (TPSA) is 81.4 Å². The molecular formula is C19H22N2O3S. The normalized spacial score (nSPS) is 13.2. The fourth-order valence-corrected chi connectivity index (χ4v) is 4.63. The van der Waals surface area contributed by atoms with Crippen LogP contribution in [0.2, 0.25) is 0 Å². The molecule has 2 aromatic rings. The Labute approximate surface area is 151 Å². The summed E-state index contributed by atoms with van der Waals surface area (Å²) in [5.74, 6) is 0.187. The van der Waals surface area contributed by atoms with Crippen molar-refractivity contribution < 1.29 is 14.3 Å². The number of nitrogens with two attached hydrogens (primary N) is 1. The van der Waals surface area contributed by atoms with Gasteiger partial charge in [-0.3, -0.25) is 9.59 Å². The van der Waals surface area contributed by atoms with Crippen LogP contribution in [0.1, 0.15) is 44.8 Å². The molecule has 25 heavy (non-hydrogen) atoms. The molecule has 1 heterocycles. The number of primary amides is 1. The first-order valence-electron chi connectivity index (χ1n) is 8.37. The zero-order chi connectivity index (χ0) is 18.0. The van der Waals surface area contributed by atoms with Crippen molar-refractivity contribution in [3.8, 4) is 5.75 Å².